The zero-order valence-electron chi connectivity index (χ0n) is 19.2. The maximum absolute atomic E-state index is 13.0. The van der Waals surface area contributed by atoms with E-state index in [1.54, 1.807) is 6.08 Å². The van der Waals surface area contributed by atoms with Gasteiger partial charge >= 0.3 is 0 Å². The predicted octanol–water partition coefficient (Wildman–Crippen LogP) is 7.47. The summed E-state index contributed by atoms with van der Waals surface area (Å²) in [6.45, 7) is 4.95. The molecule has 3 aromatic carbocycles. The van der Waals surface area contributed by atoms with Crippen LogP contribution >= 0.6 is 46.0 Å². The average Bonchev–Trinajstić information content (AvgIpc) is 3.07. The lowest BCUT2D eigenvalue weighted by molar-refractivity contribution is -0.123. The lowest BCUT2D eigenvalue weighted by Gasteiger charge is -2.15. The molecule has 1 aliphatic rings. The quantitative estimate of drug-likeness (QED) is 0.193. The Kier molecular flexibility index (Phi) is 8.41. The van der Waals surface area contributed by atoms with Gasteiger partial charge in [-0.25, -0.2) is 0 Å². The number of hydrogen-bond donors (Lipinski definition) is 0. The van der Waals surface area contributed by atoms with E-state index in [-0.39, 0.29) is 17.7 Å². The molecule has 0 aliphatic carbocycles. The standard InChI is InChI=1S/C27H23ClINO4S/c1-3-33-23-13-20(12-22(29)25(23)34-16-19-5-4-6-21(28)11-19)14-24-26(31)30(27(32)35-24)15-18-9-7-17(2)8-10-18/h4-14H,3,15-16H2,1-2H3/b24-14-. The molecule has 0 N–H and O–H groups in total. The summed E-state index contributed by atoms with van der Waals surface area (Å²) in [5.74, 6) is 0.901. The highest BCUT2D eigenvalue weighted by Crippen LogP contribution is 2.38. The van der Waals surface area contributed by atoms with Crippen molar-refractivity contribution in [2.24, 2.45) is 0 Å². The molecule has 8 heteroatoms. The molecule has 35 heavy (non-hydrogen) atoms. The largest absolute Gasteiger partial charge is 0.490 e. The number of halogens is 2. The van der Waals surface area contributed by atoms with Crippen molar-refractivity contribution in [1.29, 1.82) is 0 Å². The van der Waals surface area contributed by atoms with E-state index in [1.807, 2.05) is 74.5 Å². The van der Waals surface area contributed by atoms with E-state index in [2.05, 4.69) is 22.6 Å². The fourth-order valence-corrected chi connectivity index (χ4v) is 5.35. The molecular formula is C27H23ClINO4S. The van der Waals surface area contributed by atoms with Crippen LogP contribution in [0.5, 0.6) is 11.5 Å². The Morgan fingerprint density at radius 1 is 1.03 bits per heavy atom. The van der Waals surface area contributed by atoms with Gasteiger partial charge in [0, 0.05) is 5.02 Å². The maximum atomic E-state index is 13.0. The third kappa shape index (κ3) is 6.39. The molecule has 2 amide bonds. The summed E-state index contributed by atoms with van der Waals surface area (Å²) in [6.07, 6.45) is 1.73. The number of thioether (sulfide) groups is 1. The number of ether oxygens (including phenoxy) is 2. The number of carbonyl (C=O) groups is 2. The Labute approximate surface area is 227 Å². The van der Waals surface area contributed by atoms with Crippen molar-refractivity contribution in [1.82, 2.24) is 4.90 Å². The summed E-state index contributed by atoms with van der Waals surface area (Å²) >= 11 is 9.22. The van der Waals surface area contributed by atoms with Crippen LogP contribution in [-0.2, 0) is 17.9 Å². The molecule has 1 heterocycles. The molecular weight excluding hydrogens is 597 g/mol. The van der Waals surface area contributed by atoms with Gasteiger partial charge in [0.05, 0.1) is 21.6 Å². The molecule has 5 nitrogen and oxygen atoms in total. The minimum absolute atomic E-state index is 0.250. The smallest absolute Gasteiger partial charge is 0.293 e. The fraction of sp³-hybridized carbons (Fsp3) is 0.185. The van der Waals surface area contributed by atoms with Gasteiger partial charge in [0.1, 0.15) is 6.61 Å². The van der Waals surface area contributed by atoms with Crippen LogP contribution in [-0.4, -0.2) is 22.7 Å². The Bertz CT molecular complexity index is 1290. The SMILES string of the molecule is CCOc1cc(/C=C2\SC(=O)N(Cc3ccc(C)cc3)C2=O)cc(I)c1OCc1cccc(Cl)c1. The molecule has 0 bridgehead atoms. The molecule has 0 aromatic heterocycles. The number of rotatable bonds is 8. The van der Waals surface area contributed by atoms with Crippen molar-refractivity contribution in [3.63, 3.8) is 0 Å². The Balaban J connectivity index is 1.55. The van der Waals surface area contributed by atoms with Crippen molar-refractivity contribution < 1.29 is 19.1 Å². The first-order chi connectivity index (χ1) is 16.8. The molecule has 0 saturated carbocycles. The minimum atomic E-state index is -0.296. The number of aryl methyl sites for hydroxylation is 1. The third-order valence-electron chi connectivity index (χ3n) is 5.24. The third-order valence-corrected chi connectivity index (χ3v) is 7.18. The highest BCUT2D eigenvalue weighted by Gasteiger charge is 2.35. The fourth-order valence-electron chi connectivity index (χ4n) is 3.52. The molecule has 4 rings (SSSR count). The molecule has 0 spiro atoms. The van der Waals surface area contributed by atoms with Crippen LogP contribution in [0.4, 0.5) is 4.79 Å². The summed E-state index contributed by atoms with van der Waals surface area (Å²) in [7, 11) is 0. The van der Waals surface area contributed by atoms with E-state index in [0.717, 1.165) is 37.6 Å². The van der Waals surface area contributed by atoms with Crippen LogP contribution < -0.4 is 9.47 Å². The Hall–Kier alpha value is -2.49. The lowest BCUT2D eigenvalue weighted by Crippen LogP contribution is -2.27. The first kappa shape index (κ1) is 25.6. The summed E-state index contributed by atoms with van der Waals surface area (Å²) < 4.78 is 12.7. The number of amides is 2. The van der Waals surface area contributed by atoms with Crippen LogP contribution in [0, 0.1) is 10.5 Å². The van der Waals surface area contributed by atoms with Gasteiger partial charge in [-0.15, -0.1) is 0 Å². The van der Waals surface area contributed by atoms with Gasteiger partial charge < -0.3 is 9.47 Å². The second kappa shape index (κ2) is 11.5. The summed E-state index contributed by atoms with van der Waals surface area (Å²) in [5.41, 5.74) is 3.74. The first-order valence-corrected chi connectivity index (χ1v) is 13.3. The number of imide groups is 1. The highest BCUT2D eigenvalue weighted by atomic mass is 127. The second-order valence-corrected chi connectivity index (χ2v) is 10.5. The number of carbonyl (C=O) groups excluding carboxylic acids is 2. The molecule has 1 saturated heterocycles. The van der Waals surface area contributed by atoms with E-state index in [1.165, 1.54) is 4.90 Å². The normalized spacial score (nSPS) is 14.6. The first-order valence-electron chi connectivity index (χ1n) is 11.0. The van der Waals surface area contributed by atoms with Crippen LogP contribution in [0.15, 0.2) is 65.6 Å². The molecule has 0 radical (unpaired) electrons. The Morgan fingerprint density at radius 2 is 1.80 bits per heavy atom. The van der Waals surface area contributed by atoms with Crippen molar-refractivity contribution in [3.05, 3.63) is 96.4 Å². The van der Waals surface area contributed by atoms with Gasteiger partial charge in [0.15, 0.2) is 11.5 Å². The molecule has 1 fully saturated rings. The minimum Gasteiger partial charge on any atom is -0.490 e. The second-order valence-electron chi connectivity index (χ2n) is 7.94. The summed E-state index contributed by atoms with van der Waals surface area (Å²) in [5, 5.41) is 0.375. The predicted molar refractivity (Wildman–Crippen MR) is 149 cm³/mol. The van der Waals surface area contributed by atoms with Crippen LogP contribution in [0.1, 0.15) is 29.2 Å². The molecule has 180 valence electrons. The topological polar surface area (TPSA) is 55.8 Å². The van der Waals surface area contributed by atoms with E-state index in [4.69, 9.17) is 21.1 Å². The van der Waals surface area contributed by atoms with E-state index in [9.17, 15) is 9.59 Å². The number of benzene rings is 3. The molecule has 0 atom stereocenters. The van der Waals surface area contributed by atoms with Crippen molar-refractivity contribution in [3.8, 4) is 11.5 Å². The van der Waals surface area contributed by atoms with Crippen LogP contribution in [0.3, 0.4) is 0 Å². The van der Waals surface area contributed by atoms with Gasteiger partial charge in [-0.05, 0) is 95.2 Å². The van der Waals surface area contributed by atoms with Gasteiger partial charge in [0.25, 0.3) is 11.1 Å². The monoisotopic (exact) mass is 619 g/mol. The van der Waals surface area contributed by atoms with E-state index >= 15 is 0 Å². The molecule has 3 aromatic rings. The number of hydrogen-bond acceptors (Lipinski definition) is 5. The zero-order valence-corrected chi connectivity index (χ0v) is 22.9. The van der Waals surface area contributed by atoms with Gasteiger partial charge in [-0.3, -0.25) is 14.5 Å². The van der Waals surface area contributed by atoms with Crippen molar-refractivity contribution >= 4 is 63.2 Å². The average molecular weight is 620 g/mol. The van der Waals surface area contributed by atoms with Crippen LogP contribution in [0.25, 0.3) is 6.08 Å². The van der Waals surface area contributed by atoms with Gasteiger partial charge in [-0.2, -0.15) is 0 Å². The Morgan fingerprint density at radius 3 is 2.51 bits per heavy atom. The van der Waals surface area contributed by atoms with E-state index in [0.29, 0.717) is 34.6 Å². The van der Waals surface area contributed by atoms with Crippen molar-refractivity contribution in [2.75, 3.05) is 6.61 Å². The summed E-state index contributed by atoms with van der Waals surface area (Å²) in [4.78, 5) is 27.2. The molecule has 1 aliphatic heterocycles. The van der Waals surface area contributed by atoms with Gasteiger partial charge in [-0.1, -0.05) is 53.6 Å². The highest BCUT2D eigenvalue weighted by molar-refractivity contribution is 14.1. The maximum Gasteiger partial charge on any atom is 0.293 e. The van der Waals surface area contributed by atoms with E-state index < -0.39 is 0 Å². The molecule has 0 unspecified atom stereocenters. The number of nitrogens with zero attached hydrogens (tertiary/aromatic N) is 1. The zero-order chi connectivity index (χ0) is 24.9. The lowest BCUT2D eigenvalue weighted by atomic mass is 10.1. The van der Waals surface area contributed by atoms with Crippen LogP contribution in [0.2, 0.25) is 5.02 Å². The van der Waals surface area contributed by atoms with Crippen molar-refractivity contribution in [2.45, 2.75) is 27.0 Å². The summed E-state index contributed by atoms with van der Waals surface area (Å²) in [6, 6.07) is 19.0. The van der Waals surface area contributed by atoms with Gasteiger partial charge in [0.2, 0.25) is 0 Å².